The fraction of sp³-hybridized carbons (Fsp3) is 0.0952. The number of anilines is 2. The van der Waals surface area contributed by atoms with Gasteiger partial charge in [-0.1, -0.05) is 63.2 Å². The van der Waals surface area contributed by atoms with Crippen molar-refractivity contribution in [2.45, 2.75) is 26.2 Å². The van der Waals surface area contributed by atoms with Crippen LogP contribution in [0.2, 0.25) is 0 Å². The molecule has 51 heavy (non-hydrogen) atoms. The molecule has 5 heterocycles. The monoisotopic (exact) mass is 665 g/mol. The van der Waals surface area contributed by atoms with E-state index in [1.54, 1.807) is 0 Å². The molecule has 2 aliphatic rings. The van der Waals surface area contributed by atoms with Crippen molar-refractivity contribution >= 4 is 40.4 Å². The summed E-state index contributed by atoms with van der Waals surface area (Å²) < 4.78 is 24.0. The number of para-hydroxylation sites is 5. The molecule has 0 saturated carbocycles. The second kappa shape index (κ2) is 11.0. The summed E-state index contributed by atoms with van der Waals surface area (Å²) in [7, 11) is -0.525. The Morgan fingerprint density at radius 1 is 0.647 bits per heavy atom. The molecule has 5 aromatic carbocycles. The van der Waals surface area contributed by atoms with Gasteiger partial charge in [-0.2, -0.15) is 0 Å². The van der Waals surface area contributed by atoms with Gasteiger partial charge in [0.25, 0.3) is 0 Å². The van der Waals surface area contributed by atoms with E-state index in [0.717, 1.165) is 56.5 Å². The zero-order valence-electron chi connectivity index (χ0n) is 28.3. The van der Waals surface area contributed by atoms with Crippen LogP contribution in [0.1, 0.15) is 26.3 Å². The van der Waals surface area contributed by atoms with Crippen molar-refractivity contribution in [3.63, 3.8) is 0 Å². The maximum absolute atomic E-state index is 6.69. The maximum atomic E-state index is 6.69. The summed E-state index contributed by atoms with van der Waals surface area (Å²) in [5.41, 5.74) is 6.07. The Labute approximate surface area is 295 Å². The minimum Gasteiger partial charge on any atom is -0.520 e. The fourth-order valence-electron chi connectivity index (χ4n) is 7.28. The lowest BCUT2D eigenvalue weighted by Gasteiger charge is -2.38. The molecule has 0 radical (unpaired) electrons. The summed E-state index contributed by atoms with van der Waals surface area (Å²) in [6.07, 6.45) is 5.66. The molecular formula is C42H32BN5O3. The van der Waals surface area contributed by atoms with Crippen molar-refractivity contribution < 1.29 is 14.1 Å². The van der Waals surface area contributed by atoms with Crippen molar-refractivity contribution in [3.05, 3.63) is 145 Å². The molecule has 0 N–H and O–H groups in total. The maximum Gasteiger partial charge on any atom is 0.629 e. The number of hydrogen-bond donors (Lipinski definition) is 0. The molecule has 0 spiro atoms. The molecule has 0 fully saturated rings. The molecule has 3 aromatic heterocycles. The molecule has 9 heteroatoms. The number of nitrogens with zero attached hydrogens (tertiary/aromatic N) is 5. The van der Waals surface area contributed by atoms with Crippen LogP contribution < -0.4 is 18.9 Å². The first kappa shape index (κ1) is 29.4. The molecule has 0 atom stereocenters. The molecular weight excluding hydrogens is 633 g/mol. The number of aromatic nitrogens is 4. The zero-order valence-corrected chi connectivity index (χ0v) is 28.3. The van der Waals surface area contributed by atoms with Gasteiger partial charge in [-0.25, -0.2) is 9.97 Å². The Kier molecular flexibility index (Phi) is 6.36. The summed E-state index contributed by atoms with van der Waals surface area (Å²) >= 11 is 0. The predicted octanol–water partition coefficient (Wildman–Crippen LogP) is 10.3. The summed E-state index contributed by atoms with van der Waals surface area (Å²) in [4.78, 5) is 11.8. The number of rotatable bonds is 3. The van der Waals surface area contributed by atoms with Gasteiger partial charge >= 0.3 is 7.19 Å². The van der Waals surface area contributed by atoms with Crippen molar-refractivity contribution in [2.75, 3.05) is 4.81 Å². The van der Waals surface area contributed by atoms with Gasteiger partial charge in [0.05, 0.1) is 16.7 Å². The van der Waals surface area contributed by atoms with Crippen LogP contribution in [0, 0.1) is 0 Å². The number of hydrogen-bond acceptors (Lipinski definition) is 6. The first-order valence-electron chi connectivity index (χ1n) is 17.1. The second-order valence-electron chi connectivity index (χ2n) is 14.0. The van der Waals surface area contributed by atoms with Crippen LogP contribution in [0.5, 0.6) is 28.7 Å². The summed E-state index contributed by atoms with van der Waals surface area (Å²) in [5, 5.41) is 2.30. The third kappa shape index (κ3) is 4.69. The number of benzene rings is 5. The smallest absolute Gasteiger partial charge is 0.520 e. The van der Waals surface area contributed by atoms with E-state index in [-0.39, 0.29) is 5.41 Å². The average molecular weight is 666 g/mol. The van der Waals surface area contributed by atoms with Crippen LogP contribution in [-0.2, 0) is 5.41 Å². The van der Waals surface area contributed by atoms with E-state index in [1.807, 2.05) is 77.7 Å². The molecule has 0 unspecified atom stereocenters. The summed E-state index contributed by atoms with van der Waals surface area (Å²) in [6, 6.07) is 40.9. The highest BCUT2D eigenvalue weighted by atomic mass is 16.5. The molecule has 0 bridgehead atoms. The van der Waals surface area contributed by atoms with E-state index >= 15 is 0 Å². The van der Waals surface area contributed by atoms with Gasteiger partial charge in [0, 0.05) is 46.7 Å². The molecule has 10 rings (SSSR count). The number of fused-ring (bicyclic) bond motifs is 12. The minimum absolute atomic E-state index is 0.00976. The highest BCUT2D eigenvalue weighted by Gasteiger charge is 2.43. The summed E-state index contributed by atoms with van der Waals surface area (Å²) in [6.45, 7) is 6.67. The highest BCUT2D eigenvalue weighted by molar-refractivity contribution is 6.60. The Balaban J connectivity index is 1.08. The van der Waals surface area contributed by atoms with Gasteiger partial charge < -0.3 is 23.4 Å². The normalized spacial score (nSPS) is 13.2. The first-order valence-corrected chi connectivity index (χ1v) is 17.1. The number of pyridine rings is 1. The van der Waals surface area contributed by atoms with Crippen LogP contribution in [0.25, 0.3) is 39.0 Å². The molecule has 8 nitrogen and oxygen atoms in total. The lowest BCUT2D eigenvalue weighted by molar-refractivity contribution is 0.437. The molecule has 0 saturated heterocycles. The van der Waals surface area contributed by atoms with Crippen LogP contribution in [0.3, 0.4) is 0 Å². The van der Waals surface area contributed by atoms with Crippen LogP contribution in [0.15, 0.2) is 140 Å². The van der Waals surface area contributed by atoms with E-state index in [2.05, 4.69) is 96.9 Å². The Morgan fingerprint density at radius 3 is 2.27 bits per heavy atom. The predicted molar refractivity (Wildman–Crippen MR) is 202 cm³/mol. The van der Waals surface area contributed by atoms with Gasteiger partial charge in [-0.05, 0) is 83.8 Å². The van der Waals surface area contributed by atoms with Gasteiger partial charge in [-0.3, -0.25) is 4.57 Å². The third-order valence-electron chi connectivity index (χ3n) is 9.74. The largest absolute Gasteiger partial charge is 0.629 e. The van der Waals surface area contributed by atoms with Crippen molar-refractivity contribution in [1.29, 1.82) is 0 Å². The molecule has 8 aromatic rings. The summed E-state index contributed by atoms with van der Waals surface area (Å²) in [5.74, 6) is 5.13. The van der Waals surface area contributed by atoms with E-state index in [0.29, 0.717) is 17.2 Å². The average Bonchev–Trinajstić information content (AvgIpc) is 3.75. The number of ether oxygens (including phenoxy) is 2. The lowest BCUT2D eigenvalue weighted by atomic mass is 9.87. The third-order valence-corrected chi connectivity index (χ3v) is 9.74. The first-order chi connectivity index (χ1) is 24.9. The number of imidazole rings is 1. The minimum atomic E-state index is -0.525. The second-order valence-corrected chi connectivity index (χ2v) is 14.0. The Morgan fingerprint density at radius 2 is 1.39 bits per heavy atom. The van der Waals surface area contributed by atoms with Crippen molar-refractivity contribution in [2.24, 2.45) is 0 Å². The van der Waals surface area contributed by atoms with Gasteiger partial charge in [0.1, 0.15) is 34.6 Å². The van der Waals surface area contributed by atoms with Crippen molar-refractivity contribution in [3.8, 4) is 46.0 Å². The van der Waals surface area contributed by atoms with Crippen molar-refractivity contribution in [1.82, 2.24) is 19.0 Å². The van der Waals surface area contributed by atoms with Gasteiger partial charge in [0.15, 0.2) is 5.75 Å². The van der Waals surface area contributed by atoms with E-state index < -0.39 is 7.19 Å². The zero-order chi connectivity index (χ0) is 34.3. The quantitative estimate of drug-likeness (QED) is 0.175. The van der Waals surface area contributed by atoms with Crippen LogP contribution >= 0.6 is 0 Å². The lowest BCUT2D eigenvalue weighted by Crippen LogP contribution is -2.50. The molecule has 246 valence electrons. The topological polar surface area (TPSA) is 66.6 Å². The van der Waals surface area contributed by atoms with Crippen LogP contribution in [0.4, 0.5) is 11.4 Å². The Bertz CT molecular complexity index is 2660. The Hall–Kier alpha value is -6.48. The van der Waals surface area contributed by atoms with E-state index in [4.69, 9.17) is 24.1 Å². The standard InChI is InChI=1S/C42H32BN5O3/c1-42(2,3)27-20-21-44-40(24-27)47-33-11-5-4-10-30(33)31-18-16-29(26-36(31)47)49-28-17-19-34-32(25-28)41-45-22-23-46(41)43-48(34)35-12-6-7-13-37(35)50-38-14-8-9-15-39(38)51-43/h4-26H,1-3H3. The van der Waals surface area contributed by atoms with E-state index in [9.17, 15) is 0 Å². The van der Waals surface area contributed by atoms with Gasteiger partial charge in [0.2, 0.25) is 0 Å². The molecule has 0 aliphatic carbocycles. The SMILES string of the molecule is CC(C)(C)c1ccnc(-n2c3ccccc3c3ccc(Oc4ccc5c(c4)-c4nccn4B4Oc6ccccc6Oc6ccccc6N45)cc32)c1. The van der Waals surface area contributed by atoms with E-state index in [1.165, 1.54) is 10.9 Å². The van der Waals surface area contributed by atoms with Gasteiger partial charge in [-0.15, -0.1) is 0 Å². The fourth-order valence-corrected chi connectivity index (χ4v) is 7.28. The van der Waals surface area contributed by atoms with Crippen LogP contribution in [-0.4, -0.2) is 26.2 Å². The highest BCUT2D eigenvalue weighted by Crippen LogP contribution is 2.48. The molecule has 2 aliphatic heterocycles. The molecule has 0 amide bonds.